The van der Waals surface area contributed by atoms with E-state index in [0.29, 0.717) is 35.1 Å². The van der Waals surface area contributed by atoms with Gasteiger partial charge in [0.05, 0.1) is 0 Å². The SMILES string of the molecule is C=C(C)[C@@H]1Cc2cc3ccc(=O)oc3c(O)c2O1.C=C(C)[C@@H]1Cc2cc3ccc(=O)oc3c(O)c2O1. The number of benzene rings is 2. The van der Waals surface area contributed by atoms with Gasteiger partial charge in [0.25, 0.3) is 0 Å². The molecule has 4 aromatic rings. The molecule has 184 valence electrons. The Morgan fingerprint density at radius 3 is 1.50 bits per heavy atom. The first-order chi connectivity index (χ1) is 17.1. The molecule has 2 atom stereocenters. The molecule has 0 amide bonds. The van der Waals surface area contributed by atoms with E-state index in [4.69, 9.17) is 18.3 Å². The average Bonchev–Trinajstić information content (AvgIpc) is 3.46. The summed E-state index contributed by atoms with van der Waals surface area (Å²) in [5.41, 5.74) is 2.96. The van der Waals surface area contributed by atoms with E-state index < -0.39 is 11.3 Å². The highest BCUT2D eigenvalue weighted by Gasteiger charge is 2.29. The van der Waals surface area contributed by atoms with Gasteiger partial charge < -0.3 is 28.5 Å². The van der Waals surface area contributed by atoms with Gasteiger partial charge in [-0.3, -0.25) is 0 Å². The third kappa shape index (κ3) is 4.00. The standard InChI is InChI=1S/2C14H12O4/c2*1-7(2)10-6-9-5-8-3-4-11(15)18-13(8)12(16)14(9)17-10/h2*3-5,10,16H,1,6H2,2H3/t2*10-/m00/s1. The van der Waals surface area contributed by atoms with Gasteiger partial charge in [0.1, 0.15) is 12.2 Å². The fraction of sp³-hybridized carbons (Fsp3) is 0.214. The molecule has 0 unspecified atom stereocenters. The van der Waals surface area contributed by atoms with Crippen LogP contribution in [-0.2, 0) is 12.8 Å². The highest BCUT2D eigenvalue weighted by atomic mass is 16.5. The van der Waals surface area contributed by atoms with Gasteiger partial charge in [-0.25, -0.2) is 9.59 Å². The van der Waals surface area contributed by atoms with Crippen molar-refractivity contribution in [2.75, 3.05) is 0 Å². The number of hydrogen-bond donors (Lipinski definition) is 2. The molecule has 2 aliphatic heterocycles. The van der Waals surface area contributed by atoms with E-state index >= 15 is 0 Å². The number of phenols is 2. The van der Waals surface area contributed by atoms with Gasteiger partial charge in [0, 0.05) is 46.9 Å². The average molecular weight is 488 g/mol. The maximum absolute atomic E-state index is 11.2. The molecule has 2 N–H and O–H groups in total. The Kier molecular flexibility index (Phi) is 5.59. The molecule has 0 bridgehead atoms. The Morgan fingerprint density at radius 2 is 1.14 bits per heavy atom. The molecule has 0 aliphatic carbocycles. The molecule has 6 rings (SSSR count). The van der Waals surface area contributed by atoms with Crippen LogP contribution in [0.1, 0.15) is 25.0 Å². The van der Waals surface area contributed by atoms with Crippen molar-refractivity contribution in [3.63, 3.8) is 0 Å². The predicted molar refractivity (Wildman–Crippen MR) is 134 cm³/mol. The van der Waals surface area contributed by atoms with Gasteiger partial charge in [-0.2, -0.15) is 0 Å². The normalized spacial score (nSPS) is 17.5. The van der Waals surface area contributed by atoms with Gasteiger partial charge in [-0.1, -0.05) is 13.2 Å². The van der Waals surface area contributed by atoms with Crippen molar-refractivity contribution in [3.05, 3.63) is 92.7 Å². The molecule has 0 spiro atoms. The van der Waals surface area contributed by atoms with Crippen molar-refractivity contribution < 1.29 is 28.5 Å². The van der Waals surface area contributed by atoms with Crippen LogP contribution >= 0.6 is 0 Å². The molecule has 2 aliphatic rings. The molecule has 0 saturated carbocycles. The van der Waals surface area contributed by atoms with Crippen LogP contribution in [0, 0.1) is 0 Å². The maximum Gasteiger partial charge on any atom is 0.336 e. The maximum atomic E-state index is 11.2. The largest absolute Gasteiger partial charge is 0.502 e. The lowest BCUT2D eigenvalue weighted by atomic mass is 10.0. The molecule has 8 nitrogen and oxygen atoms in total. The molecule has 0 fully saturated rings. The topological polar surface area (TPSA) is 119 Å². The van der Waals surface area contributed by atoms with E-state index in [2.05, 4.69) is 13.2 Å². The first-order valence-corrected chi connectivity index (χ1v) is 11.3. The smallest absolute Gasteiger partial charge is 0.336 e. The van der Waals surface area contributed by atoms with E-state index in [9.17, 15) is 19.8 Å². The lowest BCUT2D eigenvalue weighted by Crippen LogP contribution is -2.13. The number of aromatic hydroxyl groups is 2. The molecule has 2 aromatic heterocycles. The fourth-order valence-electron chi connectivity index (χ4n) is 4.35. The van der Waals surface area contributed by atoms with Gasteiger partial charge in [-0.15, -0.1) is 0 Å². The van der Waals surface area contributed by atoms with E-state index in [1.807, 2.05) is 26.0 Å². The lowest BCUT2D eigenvalue weighted by Gasteiger charge is -2.10. The van der Waals surface area contributed by atoms with E-state index in [0.717, 1.165) is 22.3 Å². The summed E-state index contributed by atoms with van der Waals surface area (Å²) in [6.07, 6.45) is 1.09. The Bertz CT molecular complexity index is 1550. The number of hydrogen-bond acceptors (Lipinski definition) is 8. The molecule has 0 saturated heterocycles. The highest BCUT2D eigenvalue weighted by molar-refractivity contribution is 5.87. The number of fused-ring (bicyclic) bond motifs is 4. The van der Waals surface area contributed by atoms with Crippen LogP contribution in [0.3, 0.4) is 0 Å². The summed E-state index contributed by atoms with van der Waals surface area (Å²) in [5.74, 6) is 0.572. The zero-order valence-corrected chi connectivity index (χ0v) is 19.8. The zero-order chi connectivity index (χ0) is 25.7. The quantitative estimate of drug-likeness (QED) is 0.306. The number of ether oxygens (including phenoxy) is 2. The minimum Gasteiger partial charge on any atom is -0.502 e. The zero-order valence-electron chi connectivity index (χ0n) is 19.8. The third-order valence-electron chi connectivity index (χ3n) is 6.26. The van der Waals surface area contributed by atoms with Crippen LogP contribution in [-0.4, -0.2) is 22.4 Å². The van der Waals surface area contributed by atoms with Crippen molar-refractivity contribution in [2.45, 2.75) is 38.9 Å². The van der Waals surface area contributed by atoms with Crippen LogP contribution < -0.4 is 20.7 Å². The minimum absolute atomic E-state index is 0.107. The summed E-state index contributed by atoms with van der Waals surface area (Å²) >= 11 is 0. The van der Waals surface area contributed by atoms with Crippen molar-refractivity contribution in [2.24, 2.45) is 0 Å². The third-order valence-corrected chi connectivity index (χ3v) is 6.26. The first kappa shape index (κ1) is 23.3. The summed E-state index contributed by atoms with van der Waals surface area (Å²) in [7, 11) is 0. The van der Waals surface area contributed by atoms with E-state index in [1.54, 1.807) is 12.1 Å². The van der Waals surface area contributed by atoms with Gasteiger partial charge in [0.2, 0.25) is 11.5 Å². The second-order valence-corrected chi connectivity index (χ2v) is 9.09. The Labute approximate surface area is 205 Å². The summed E-state index contributed by atoms with van der Waals surface area (Å²) in [4.78, 5) is 22.4. The molecule has 36 heavy (non-hydrogen) atoms. The summed E-state index contributed by atoms with van der Waals surface area (Å²) in [5, 5.41) is 21.6. The second-order valence-electron chi connectivity index (χ2n) is 9.09. The monoisotopic (exact) mass is 488 g/mol. The Morgan fingerprint density at radius 1 is 0.750 bits per heavy atom. The molecule has 8 heteroatoms. The lowest BCUT2D eigenvalue weighted by molar-refractivity contribution is 0.260. The molecule has 4 heterocycles. The first-order valence-electron chi connectivity index (χ1n) is 11.3. The van der Waals surface area contributed by atoms with Crippen molar-refractivity contribution >= 4 is 21.9 Å². The highest BCUT2D eigenvalue weighted by Crippen LogP contribution is 2.44. The van der Waals surface area contributed by atoms with Gasteiger partial charge in [0.15, 0.2) is 22.7 Å². The minimum atomic E-state index is -0.493. The molecular weight excluding hydrogens is 464 g/mol. The van der Waals surface area contributed by atoms with Crippen molar-refractivity contribution in [1.29, 1.82) is 0 Å². The fourth-order valence-corrected chi connectivity index (χ4v) is 4.35. The van der Waals surface area contributed by atoms with Crippen LogP contribution in [0.15, 0.2) is 79.1 Å². The summed E-state index contributed by atoms with van der Waals surface area (Å²) < 4.78 is 21.3. The van der Waals surface area contributed by atoms with Crippen LogP contribution in [0.2, 0.25) is 0 Å². The molecule has 2 aromatic carbocycles. The van der Waals surface area contributed by atoms with Crippen LogP contribution in [0.4, 0.5) is 0 Å². The second kappa shape index (κ2) is 8.64. The Balaban J connectivity index is 0.000000148. The van der Waals surface area contributed by atoms with E-state index in [-0.39, 0.29) is 34.9 Å². The van der Waals surface area contributed by atoms with Crippen molar-refractivity contribution in [1.82, 2.24) is 0 Å². The number of rotatable bonds is 2. The van der Waals surface area contributed by atoms with Crippen molar-refractivity contribution in [3.8, 4) is 23.0 Å². The molecule has 0 radical (unpaired) electrons. The van der Waals surface area contributed by atoms with Crippen LogP contribution in [0.5, 0.6) is 23.0 Å². The van der Waals surface area contributed by atoms with Gasteiger partial charge in [-0.05, 0) is 49.3 Å². The van der Waals surface area contributed by atoms with Crippen LogP contribution in [0.25, 0.3) is 21.9 Å². The summed E-state index contributed by atoms with van der Waals surface area (Å²) in [6.45, 7) is 11.5. The number of phenolic OH excluding ortho intramolecular Hbond substituents is 2. The van der Waals surface area contributed by atoms with E-state index in [1.165, 1.54) is 12.1 Å². The summed E-state index contributed by atoms with van der Waals surface area (Å²) in [6, 6.07) is 9.68. The Hall–Kier alpha value is -4.46. The molecular formula is C28H24O8. The predicted octanol–water partition coefficient (Wildman–Crippen LogP) is 4.76. The van der Waals surface area contributed by atoms with Gasteiger partial charge >= 0.3 is 11.3 Å².